The molecule has 1 aromatic heterocycles. The third-order valence-corrected chi connectivity index (χ3v) is 6.34. The Morgan fingerprint density at radius 1 is 1.12 bits per heavy atom. The van der Waals surface area contributed by atoms with E-state index >= 15 is 0 Å². The van der Waals surface area contributed by atoms with Gasteiger partial charge in [0.2, 0.25) is 11.8 Å². The third kappa shape index (κ3) is 3.64. The average molecular weight is 431 g/mol. The lowest BCUT2D eigenvalue weighted by atomic mass is 10.1. The quantitative estimate of drug-likeness (QED) is 0.582. The largest absolute Gasteiger partial charge is 0.497 e. The van der Waals surface area contributed by atoms with Gasteiger partial charge in [0.05, 0.1) is 19.2 Å². The molecule has 1 unspecified atom stereocenters. The molecule has 3 aromatic rings. The Labute approximate surface area is 185 Å². The molecule has 1 aliphatic heterocycles. The summed E-state index contributed by atoms with van der Waals surface area (Å²) in [4.78, 5) is 45.3. The number of aromatic amines is 1. The number of para-hydroxylation sites is 1. The minimum atomic E-state index is -0.761. The molecule has 2 fully saturated rings. The van der Waals surface area contributed by atoms with E-state index in [1.165, 1.54) is 4.90 Å². The van der Waals surface area contributed by atoms with E-state index in [1.54, 1.807) is 36.3 Å². The van der Waals surface area contributed by atoms with Gasteiger partial charge in [-0.1, -0.05) is 18.2 Å². The number of carbonyl (C=O) groups is 3. The molecule has 1 saturated carbocycles. The summed E-state index contributed by atoms with van der Waals surface area (Å²) in [6.07, 6.45) is 4.27. The molecule has 5 rings (SSSR count). The van der Waals surface area contributed by atoms with Crippen LogP contribution < -0.4 is 9.64 Å². The van der Waals surface area contributed by atoms with Crippen LogP contribution in [0, 0.1) is 5.92 Å². The molecule has 3 amide bonds. The Hall–Kier alpha value is -3.61. The van der Waals surface area contributed by atoms with Crippen molar-refractivity contribution in [3.05, 3.63) is 60.3 Å². The topological polar surface area (TPSA) is 82.7 Å². The highest BCUT2D eigenvalue weighted by Crippen LogP contribution is 2.34. The van der Waals surface area contributed by atoms with Crippen LogP contribution in [0.1, 0.15) is 24.8 Å². The first kappa shape index (κ1) is 20.3. The molecule has 2 aromatic carbocycles. The number of nitrogens with one attached hydrogen (secondary N) is 1. The van der Waals surface area contributed by atoms with Gasteiger partial charge in [0.25, 0.3) is 5.91 Å². The SMILES string of the molecule is COc1ccc(N2C(=O)CC(N(CCc3c[nH]c4ccccc34)C(=O)C3CC3)C2=O)cc1. The maximum atomic E-state index is 13.3. The normalized spacial score (nSPS) is 18.4. The molecular formula is C25H25N3O4. The second-order valence-electron chi connectivity index (χ2n) is 8.40. The number of carbonyl (C=O) groups excluding carboxylic acids is 3. The predicted molar refractivity (Wildman–Crippen MR) is 120 cm³/mol. The first-order valence-corrected chi connectivity index (χ1v) is 10.9. The maximum absolute atomic E-state index is 13.3. The summed E-state index contributed by atoms with van der Waals surface area (Å²) in [5.74, 6) is -0.0314. The van der Waals surface area contributed by atoms with Crippen LogP contribution in [-0.2, 0) is 20.8 Å². The lowest BCUT2D eigenvalue weighted by Crippen LogP contribution is -2.47. The van der Waals surface area contributed by atoms with Crippen LogP contribution in [0.4, 0.5) is 5.69 Å². The van der Waals surface area contributed by atoms with Gasteiger partial charge < -0.3 is 14.6 Å². The smallest absolute Gasteiger partial charge is 0.257 e. The summed E-state index contributed by atoms with van der Waals surface area (Å²) in [6.45, 7) is 0.400. The van der Waals surface area contributed by atoms with Gasteiger partial charge in [0.1, 0.15) is 11.8 Å². The Morgan fingerprint density at radius 3 is 2.59 bits per heavy atom. The number of ether oxygens (including phenoxy) is 1. The molecule has 1 atom stereocenters. The minimum Gasteiger partial charge on any atom is -0.497 e. The van der Waals surface area contributed by atoms with Crippen molar-refractivity contribution in [2.75, 3.05) is 18.6 Å². The van der Waals surface area contributed by atoms with Crippen LogP contribution in [-0.4, -0.2) is 47.3 Å². The molecule has 0 spiro atoms. The van der Waals surface area contributed by atoms with E-state index in [0.29, 0.717) is 24.4 Å². The summed E-state index contributed by atoms with van der Waals surface area (Å²) in [5, 5.41) is 1.11. The number of hydrogen-bond acceptors (Lipinski definition) is 4. The first-order valence-electron chi connectivity index (χ1n) is 10.9. The second-order valence-corrected chi connectivity index (χ2v) is 8.40. The number of nitrogens with zero attached hydrogens (tertiary/aromatic N) is 2. The summed E-state index contributed by atoms with van der Waals surface area (Å²) < 4.78 is 5.16. The van der Waals surface area contributed by atoms with Crippen molar-refractivity contribution < 1.29 is 19.1 Å². The van der Waals surface area contributed by atoms with Gasteiger partial charge in [-0.2, -0.15) is 0 Å². The number of methoxy groups -OCH3 is 1. The predicted octanol–water partition coefficient (Wildman–Crippen LogP) is 3.29. The van der Waals surface area contributed by atoms with E-state index in [2.05, 4.69) is 4.98 Å². The summed E-state index contributed by atoms with van der Waals surface area (Å²) in [5.41, 5.74) is 2.64. The molecule has 32 heavy (non-hydrogen) atoms. The van der Waals surface area contributed by atoms with Crippen LogP contribution in [0.2, 0.25) is 0 Å². The van der Waals surface area contributed by atoms with Crippen molar-refractivity contribution in [1.29, 1.82) is 0 Å². The van der Waals surface area contributed by atoms with E-state index in [-0.39, 0.29) is 30.1 Å². The van der Waals surface area contributed by atoms with E-state index in [1.807, 2.05) is 30.5 Å². The molecule has 0 radical (unpaired) electrons. The summed E-state index contributed by atoms with van der Waals surface area (Å²) in [7, 11) is 1.56. The van der Waals surface area contributed by atoms with Crippen molar-refractivity contribution in [3.8, 4) is 5.75 Å². The Balaban J connectivity index is 1.38. The van der Waals surface area contributed by atoms with Gasteiger partial charge in [-0.25, -0.2) is 4.90 Å². The monoisotopic (exact) mass is 431 g/mol. The van der Waals surface area contributed by atoms with E-state index < -0.39 is 6.04 Å². The van der Waals surface area contributed by atoms with Crippen molar-refractivity contribution in [1.82, 2.24) is 9.88 Å². The van der Waals surface area contributed by atoms with Crippen molar-refractivity contribution in [2.45, 2.75) is 31.7 Å². The van der Waals surface area contributed by atoms with Gasteiger partial charge in [-0.3, -0.25) is 14.4 Å². The number of benzene rings is 2. The highest BCUT2D eigenvalue weighted by atomic mass is 16.5. The highest BCUT2D eigenvalue weighted by molar-refractivity contribution is 6.23. The second kappa shape index (κ2) is 8.15. The van der Waals surface area contributed by atoms with Crippen LogP contribution in [0.3, 0.4) is 0 Å². The van der Waals surface area contributed by atoms with Gasteiger partial charge >= 0.3 is 0 Å². The Morgan fingerprint density at radius 2 is 1.88 bits per heavy atom. The fraction of sp³-hybridized carbons (Fsp3) is 0.320. The number of amides is 3. The molecule has 1 N–H and O–H groups in total. The zero-order chi connectivity index (χ0) is 22.2. The number of rotatable bonds is 7. The lowest BCUT2D eigenvalue weighted by Gasteiger charge is -2.28. The lowest BCUT2D eigenvalue weighted by molar-refractivity contribution is -0.139. The molecule has 1 aliphatic carbocycles. The fourth-order valence-corrected chi connectivity index (χ4v) is 4.43. The molecule has 2 heterocycles. The van der Waals surface area contributed by atoms with Crippen molar-refractivity contribution in [2.24, 2.45) is 5.92 Å². The van der Waals surface area contributed by atoms with E-state index in [4.69, 9.17) is 4.74 Å². The molecule has 1 saturated heterocycles. The first-order chi connectivity index (χ1) is 15.6. The molecular weight excluding hydrogens is 406 g/mol. The molecule has 7 heteroatoms. The van der Waals surface area contributed by atoms with Gasteiger partial charge in [0.15, 0.2) is 0 Å². The molecule has 0 bridgehead atoms. The fourth-order valence-electron chi connectivity index (χ4n) is 4.43. The van der Waals surface area contributed by atoms with E-state index in [9.17, 15) is 14.4 Å². The molecule has 7 nitrogen and oxygen atoms in total. The van der Waals surface area contributed by atoms with Crippen molar-refractivity contribution >= 4 is 34.3 Å². The maximum Gasteiger partial charge on any atom is 0.257 e. The standard InChI is InChI=1S/C25H25N3O4/c1-32-19-10-8-18(9-11-19)28-23(29)14-22(25(28)31)27(24(30)16-6-7-16)13-12-17-15-26-21-5-3-2-4-20(17)21/h2-5,8-11,15-16,22,26H,6-7,12-14H2,1H3. The van der Waals surface area contributed by atoms with Gasteiger partial charge in [-0.05, 0) is 55.2 Å². The van der Waals surface area contributed by atoms with Gasteiger partial charge in [0, 0.05) is 29.6 Å². The van der Waals surface area contributed by atoms with Crippen LogP contribution in [0.5, 0.6) is 5.75 Å². The number of aromatic nitrogens is 1. The number of H-pyrrole nitrogens is 1. The van der Waals surface area contributed by atoms with Crippen LogP contribution >= 0.6 is 0 Å². The number of imide groups is 1. The number of fused-ring (bicyclic) bond motifs is 1. The summed E-state index contributed by atoms with van der Waals surface area (Å²) in [6, 6.07) is 14.1. The Kier molecular flexibility index (Phi) is 5.17. The number of anilines is 1. The van der Waals surface area contributed by atoms with Gasteiger partial charge in [-0.15, -0.1) is 0 Å². The average Bonchev–Trinajstić information content (AvgIpc) is 3.52. The molecule has 2 aliphatic rings. The third-order valence-electron chi connectivity index (χ3n) is 6.34. The van der Waals surface area contributed by atoms with Crippen molar-refractivity contribution in [3.63, 3.8) is 0 Å². The summed E-state index contributed by atoms with van der Waals surface area (Å²) >= 11 is 0. The minimum absolute atomic E-state index is 0.0111. The Bertz CT molecular complexity index is 1180. The van der Waals surface area contributed by atoms with Crippen LogP contribution in [0.15, 0.2) is 54.7 Å². The highest BCUT2D eigenvalue weighted by Gasteiger charge is 2.46. The molecule has 164 valence electrons. The van der Waals surface area contributed by atoms with E-state index in [0.717, 1.165) is 29.3 Å². The number of hydrogen-bond donors (Lipinski definition) is 1. The zero-order valence-electron chi connectivity index (χ0n) is 17.9. The zero-order valence-corrected chi connectivity index (χ0v) is 17.9. The van der Waals surface area contributed by atoms with Crippen LogP contribution in [0.25, 0.3) is 10.9 Å².